The number of benzene rings is 1. The lowest BCUT2D eigenvalue weighted by Gasteiger charge is -2.38. The molecule has 0 bridgehead atoms. The third-order valence-electron chi connectivity index (χ3n) is 6.30. The summed E-state index contributed by atoms with van der Waals surface area (Å²) in [5, 5.41) is 16.3. The first-order valence-electron chi connectivity index (χ1n) is 10.7. The first kappa shape index (κ1) is 23.5. The molecule has 1 atom stereocenters. The Labute approximate surface area is 187 Å². The fourth-order valence-electron chi connectivity index (χ4n) is 4.16. The van der Waals surface area contributed by atoms with Crippen LogP contribution in [0.25, 0.3) is 0 Å². The van der Waals surface area contributed by atoms with Crippen LogP contribution in [0.2, 0.25) is 0 Å². The van der Waals surface area contributed by atoms with Crippen molar-refractivity contribution in [3.63, 3.8) is 0 Å². The van der Waals surface area contributed by atoms with Crippen LogP contribution in [0.5, 0.6) is 11.6 Å². The monoisotopic (exact) mass is 442 g/mol. The molecule has 1 fully saturated rings. The average Bonchev–Trinajstić information content (AvgIpc) is 2.80. The molecule has 0 aliphatic carbocycles. The highest BCUT2D eigenvalue weighted by Crippen LogP contribution is 2.36. The van der Waals surface area contributed by atoms with Crippen LogP contribution in [0, 0.1) is 11.3 Å². The molecule has 0 saturated carbocycles. The summed E-state index contributed by atoms with van der Waals surface area (Å²) in [5.74, 6) is 0.770. The largest absolute Gasteiger partial charge is 0.484 e. The highest BCUT2D eigenvalue weighted by molar-refractivity contribution is 5.74. The number of fused-ring (bicyclic) bond motifs is 1. The van der Waals surface area contributed by atoms with Crippen LogP contribution in [-0.4, -0.2) is 52.2 Å². The second kappa shape index (κ2) is 10.5. The molecule has 3 heterocycles. The van der Waals surface area contributed by atoms with Crippen LogP contribution in [0.1, 0.15) is 43.9 Å². The number of nitrogens with zero attached hydrogens (tertiary/aromatic N) is 2. The van der Waals surface area contributed by atoms with Gasteiger partial charge in [0, 0.05) is 12.7 Å². The zero-order chi connectivity index (χ0) is 23.1. The smallest absolute Gasteiger partial charge is 0.309 e. The van der Waals surface area contributed by atoms with Gasteiger partial charge in [-0.15, -0.1) is 0 Å². The third-order valence-corrected chi connectivity index (χ3v) is 6.30. The molecule has 2 aromatic rings. The number of piperidine rings is 1. The van der Waals surface area contributed by atoms with E-state index in [0.29, 0.717) is 18.2 Å². The predicted octanol–water partition coefficient (Wildman–Crippen LogP) is 3.62. The summed E-state index contributed by atoms with van der Waals surface area (Å²) in [6.45, 7) is 6.67. The number of aliphatic carboxylic acids is 1. The van der Waals surface area contributed by atoms with Crippen LogP contribution in [0.15, 0.2) is 42.6 Å². The molecule has 0 amide bonds. The first-order valence-corrected chi connectivity index (χ1v) is 10.7. The van der Waals surface area contributed by atoms with E-state index in [1.54, 1.807) is 6.20 Å². The summed E-state index contributed by atoms with van der Waals surface area (Å²) in [4.78, 5) is 26.5. The van der Waals surface area contributed by atoms with Gasteiger partial charge in [-0.1, -0.05) is 24.3 Å². The molecular formula is C24H30N2O6. The molecule has 2 aliphatic heterocycles. The van der Waals surface area contributed by atoms with Crippen molar-refractivity contribution in [3.05, 3.63) is 53.7 Å². The van der Waals surface area contributed by atoms with Gasteiger partial charge in [-0.3, -0.25) is 14.5 Å². The van der Waals surface area contributed by atoms with Crippen molar-refractivity contribution in [1.29, 1.82) is 0 Å². The van der Waals surface area contributed by atoms with Crippen molar-refractivity contribution in [2.75, 3.05) is 19.7 Å². The Hall–Kier alpha value is -3.13. The molecule has 1 aromatic carbocycles. The molecule has 4 rings (SSSR count). The summed E-state index contributed by atoms with van der Waals surface area (Å²) in [7, 11) is 0. The third kappa shape index (κ3) is 5.56. The van der Waals surface area contributed by atoms with Crippen molar-refractivity contribution < 1.29 is 29.3 Å². The molecule has 8 nitrogen and oxygen atoms in total. The van der Waals surface area contributed by atoms with Gasteiger partial charge in [0.05, 0.1) is 5.41 Å². The summed E-state index contributed by atoms with van der Waals surface area (Å²) in [6, 6.07) is 12.2. The van der Waals surface area contributed by atoms with E-state index < -0.39 is 11.4 Å². The van der Waals surface area contributed by atoms with E-state index in [1.165, 1.54) is 5.56 Å². The van der Waals surface area contributed by atoms with Crippen molar-refractivity contribution in [2.24, 2.45) is 11.3 Å². The Bertz CT molecular complexity index is 907. The minimum absolute atomic E-state index is 0.152. The van der Waals surface area contributed by atoms with Crippen LogP contribution >= 0.6 is 0 Å². The number of carboxylic acids is 1. The van der Waals surface area contributed by atoms with Gasteiger partial charge in [0.15, 0.2) is 11.9 Å². The molecule has 0 radical (unpaired) electrons. The van der Waals surface area contributed by atoms with E-state index in [9.17, 15) is 9.90 Å². The molecular weight excluding hydrogens is 412 g/mol. The summed E-state index contributed by atoms with van der Waals surface area (Å²) >= 11 is 0. The van der Waals surface area contributed by atoms with E-state index in [1.807, 2.05) is 26.0 Å². The van der Waals surface area contributed by atoms with Crippen molar-refractivity contribution in [2.45, 2.75) is 39.3 Å². The minimum atomic E-state index is -0.696. The molecule has 2 N–H and O–H groups in total. The highest BCUT2D eigenvalue weighted by atomic mass is 16.6. The quantitative estimate of drug-likeness (QED) is 0.676. The van der Waals surface area contributed by atoms with Crippen molar-refractivity contribution >= 4 is 12.4 Å². The fraction of sp³-hybridized carbons (Fsp3) is 0.458. The van der Waals surface area contributed by atoms with Crippen molar-refractivity contribution in [3.8, 4) is 11.6 Å². The molecule has 1 aromatic heterocycles. The van der Waals surface area contributed by atoms with Gasteiger partial charge in [-0.05, 0) is 69.0 Å². The summed E-state index contributed by atoms with van der Waals surface area (Å²) < 4.78 is 11.7. The van der Waals surface area contributed by atoms with E-state index in [4.69, 9.17) is 19.4 Å². The molecule has 0 unspecified atom stereocenters. The van der Waals surface area contributed by atoms with Crippen LogP contribution in [0.4, 0.5) is 0 Å². The Morgan fingerprint density at radius 1 is 1.22 bits per heavy atom. The van der Waals surface area contributed by atoms with Gasteiger partial charge in [0.25, 0.3) is 12.4 Å². The maximum Gasteiger partial charge on any atom is 0.309 e. The van der Waals surface area contributed by atoms with Crippen LogP contribution < -0.4 is 9.47 Å². The number of hydrogen-bond donors (Lipinski definition) is 2. The van der Waals surface area contributed by atoms with Crippen molar-refractivity contribution in [1.82, 2.24) is 9.88 Å². The molecule has 0 spiro atoms. The molecule has 172 valence electrons. The Morgan fingerprint density at radius 3 is 2.50 bits per heavy atom. The normalized spacial score (nSPS) is 18.9. The number of rotatable bonds is 5. The van der Waals surface area contributed by atoms with Gasteiger partial charge in [0.2, 0.25) is 0 Å². The maximum atomic E-state index is 11.5. The zero-order valence-electron chi connectivity index (χ0n) is 18.4. The molecule has 8 heteroatoms. The molecule has 32 heavy (non-hydrogen) atoms. The Balaban J connectivity index is 0.000000913. The van der Waals surface area contributed by atoms with Gasteiger partial charge in [-0.25, -0.2) is 4.98 Å². The second-order valence-electron chi connectivity index (χ2n) is 8.65. The van der Waals surface area contributed by atoms with E-state index in [2.05, 4.69) is 34.1 Å². The lowest BCUT2D eigenvalue weighted by molar-refractivity contribution is -0.151. The summed E-state index contributed by atoms with van der Waals surface area (Å²) in [5.41, 5.74) is 1.68. The van der Waals surface area contributed by atoms with Gasteiger partial charge >= 0.3 is 5.97 Å². The number of ether oxygens (including phenoxy) is 2. The Kier molecular flexibility index (Phi) is 7.69. The zero-order valence-corrected chi connectivity index (χ0v) is 18.4. The standard InChI is InChI=1S/C23H28N2O4.CH2O2/c1-23(2,22(26)27)18-9-12-25(13-10-18)14-16-5-7-17(8-6-16)20-15-28-19-4-3-11-24-21(19)29-20;2-1-3/h3-8,11,18,20H,9-10,12-15H2,1-2H3,(H,26,27);1H,(H,2,3)/t20-;/m1./s1. The van der Waals surface area contributed by atoms with Gasteiger partial charge in [0.1, 0.15) is 6.61 Å². The topological polar surface area (TPSA) is 109 Å². The Morgan fingerprint density at radius 2 is 1.88 bits per heavy atom. The number of hydrogen-bond acceptors (Lipinski definition) is 6. The lowest BCUT2D eigenvalue weighted by atomic mass is 9.74. The number of carboxylic acid groups (broad SMARTS) is 2. The predicted molar refractivity (Wildman–Crippen MR) is 118 cm³/mol. The second-order valence-corrected chi connectivity index (χ2v) is 8.65. The van der Waals surface area contributed by atoms with Gasteiger partial charge < -0.3 is 19.7 Å². The summed E-state index contributed by atoms with van der Waals surface area (Å²) in [6.07, 6.45) is 3.41. The van der Waals surface area contributed by atoms with E-state index in [0.717, 1.165) is 38.0 Å². The fourth-order valence-corrected chi connectivity index (χ4v) is 4.16. The average molecular weight is 443 g/mol. The SMILES string of the molecule is CC(C)(C(=O)O)C1CCN(Cc2ccc([C@H]3COc4cccnc4O3)cc2)CC1.O=CO. The molecule has 2 aliphatic rings. The molecule has 1 saturated heterocycles. The number of likely N-dealkylation sites (tertiary alicyclic amines) is 1. The lowest BCUT2D eigenvalue weighted by Crippen LogP contribution is -2.41. The van der Waals surface area contributed by atoms with E-state index in [-0.39, 0.29) is 18.5 Å². The number of pyridine rings is 1. The first-order chi connectivity index (χ1) is 15.3. The van der Waals surface area contributed by atoms with E-state index >= 15 is 0 Å². The van der Waals surface area contributed by atoms with Crippen LogP contribution in [0.3, 0.4) is 0 Å². The number of aromatic nitrogens is 1. The van der Waals surface area contributed by atoms with Crippen LogP contribution in [-0.2, 0) is 16.1 Å². The maximum absolute atomic E-state index is 11.5. The minimum Gasteiger partial charge on any atom is -0.484 e. The van der Waals surface area contributed by atoms with Gasteiger partial charge in [-0.2, -0.15) is 0 Å². The number of carbonyl (C=O) groups is 2. The highest BCUT2D eigenvalue weighted by Gasteiger charge is 2.38.